The molecule has 0 aliphatic rings. The maximum atomic E-state index is 6.33. The van der Waals surface area contributed by atoms with Gasteiger partial charge in [-0.15, -0.1) is 0 Å². The van der Waals surface area contributed by atoms with Crippen LogP contribution in [0.1, 0.15) is 41.9 Å². The maximum absolute atomic E-state index is 6.33. The van der Waals surface area contributed by atoms with Gasteiger partial charge in [0.25, 0.3) is 0 Å². The summed E-state index contributed by atoms with van der Waals surface area (Å²) in [5.41, 5.74) is 11.0. The molecule has 102 valence electrons. The number of hydrogen-bond donors (Lipinski definition) is 1. The summed E-state index contributed by atoms with van der Waals surface area (Å²) in [7, 11) is 0. The van der Waals surface area contributed by atoms with Crippen molar-refractivity contribution < 1.29 is 0 Å². The fraction of sp³-hybridized carbons (Fsp3) is 0.467. The molecule has 2 atom stereocenters. The molecule has 2 unspecified atom stereocenters. The average Bonchev–Trinajstić information content (AvgIpc) is 2.68. The number of pyridine rings is 1. The number of hydrogen-bond acceptors (Lipinski definition) is 3. The highest BCUT2D eigenvalue weighted by Gasteiger charge is 2.24. The minimum atomic E-state index is 0.0415. The van der Waals surface area contributed by atoms with Gasteiger partial charge in [0, 0.05) is 24.1 Å². The van der Waals surface area contributed by atoms with E-state index in [1.54, 1.807) is 0 Å². The van der Waals surface area contributed by atoms with Gasteiger partial charge in [0.15, 0.2) is 0 Å². The van der Waals surface area contributed by atoms with Crippen LogP contribution in [0.2, 0.25) is 0 Å². The van der Waals surface area contributed by atoms with Crippen molar-refractivity contribution in [2.24, 2.45) is 5.73 Å². The molecule has 0 fully saturated rings. The monoisotopic (exact) mass is 258 g/mol. The highest BCUT2D eigenvalue weighted by molar-refractivity contribution is 5.26. The molecule has 4 heteroatoms. The average molecular weight is 258 g/mol. The summed E-state index contributed by atoms with van der Waals surface area (Å²) in [4.78, 5) is 4.08. The van der Waals surface area contributed by atoms with E-state index in [0.29, 0.717) is 0 Å². The standard InChI is InChI=1S/C15H22N4/c1-5-14(16)15(13-6-8-17-9-7-13)19-12(4)10(2)11(3)18-19/h6-9,14-15H,5,16H2,1-4H3. The van der Waals surface area contributed by atoms with Gasteiger partial charge in [0.05, 0.1) is 11.7 Å². The largest absolute Gasteiger partial charge is 0.326 e. The molecule has 0 bridgehead atoms. The number of aryl methyl sites for hydroxylation is 1. The van der Waals surface area contributed by atoms with E-state index < -0.39 is 0 Å². The van der Waals surface area contributed by atoms with E-state index >= 15 is 0 Å². The molecule has 0 aliphatic heterocycles. The van der Waals surface area contributed by atoms with E-state index in [1.807, 2.05) is 31.5 Å². The Morgan fingerprint density at radius 1 is 1.21 bits per heavy atom. The van der Waals surface area contributed by atoms with Crippen molar-refractivity contribution in [3.8, 4) is 0 Å². The van der Waals surface area contributed by atoms with Crippen LogP contribution in [0, 0.1) is 20.8 Å². The molecular weight excluding hydrogens is 236 g/mol. The molecule has 0 saturated carbocycles. The van der Waals surface area contributed by atoms with E-state index in [-0.39, 0.29) is 12.1 Å². The fourth-order valence-corrected chi connectivity index (χ4v) is 2.37. The Kier molecular flexibility index (Phi) is 4.00. The van der Waals surface area contributed by atoms with Crippen LogP contribution in [-0.4, -0.2) is 20.8 Å². The summed E-state index contributed by atoms with van der Waals surface area (Å²) in [6.07, 6.45) is 4.52. The Bertz CT molecular complexity index is 545. The van der Waals surface area contributed by atoms with Crippen molar-refractivity contribution in [2.75, 3.05) is 0 Å². The van der Waals surface area contributed by atoms with Crippen LogP contribution in [0.4, 0.5) is 0 Å². The highest BCUT2D eigenvalue weighted by atomic mass is 15.3. The van der Waals surface area contributed by atoms with E-state index in [2.05, 4.69) is 35.5 Å². The molecular formula is C15H22N4. The highest BCUT2D eigenvalue weighted by Crippen LogP contribution is 2.25. The van der Waals surface area contributed by atoms with Gasteiger partial charge in [-0.05, 0) is 50.5 Å². The first-order valence-corrected chi connectivity index (χ1v) is 6.74. The predicted octanol–water partition coefficient (Wildman–Crippen LogP) is 2.53. The van der Waals surface area contributed by atoms with Crippen LogP contribution in [0.15, 0.2) is 24.5 Å². The lowest BCUT2D eigenvalue weighted by molar-refractivity contribution is 0.415. The lowest BCUT2D eigenvalue weighted by Gasteiger charge is -2.25. The van der Waals surface area contributed by atoms with Gasteiger partial charge >= 0.3 is 0 Å². The molecule has 2 heterocycles. The first-order valence-electron chi connectivity index (χ1n) is 6.74. The summed E-state index contributed by atoms with van der Waals surface area (Å²) in [5.74, 6) is 0. The summed E-state index contributed by atoms with van der Waals surface area (Å²) >= 11 is 0. The quantitative estimate of drug-likeness (QED) is 0.916. The van der Waals surface area contributed by atoms with Crippen LogP contribution in [0.25, 0.3) is 0 Å². The van der Waals surface area contributed by atoms with Crippen LogP contribution in [0.3, 0.4) is 0 Å². The lowest BCUT2D eigenvalue weighted by Crippen LogP contribution is -2.33. The van der Waals surface area contributed by atoms with Crippen molar-refractivity contribution in [1.29, 1.82) is 0 Å². The number of aromatic nitrogens is 3. The molecule has 0 aliphatic carbocycles. The van der Waals surface area contributed by atoms with Crippen LogP contribution in [-0.2, 0) is 0 Å². The summed E-state index contributed by atoms with van der Waals surface area (Å²) in [6.45, 7) is 8.36. The zero-order valence-electron chi connectivity index (χ0n) is 12.1. The third kappa shape index (κ3) is 2.54. The van der Waals surface area contributed by atoms with E-state index in [1.165, 1.54) is 11.3 Å². The Labute approximate surface area is 114 Å². The van der Waals surface area contributed by atoms with Gasteiger partial charge in [-0.1, -0.05) is 6.92 Å². The molecule has 0 amide bonds. The predicted molar refractivity (Wildman–Crippen MR) is 77.1 cm³/mol. The lowest BCUT2D eigenvalue weighted by atomic mass is 9.99. The van der Waals surface area contributed by atoms with Gasteiger partial charge in [0.2, 0.25) is 0 Å². The van der Waals surface area contributed by atoms with Gasteiger partial charge in [-0.25, -0.2) is 0 Å². The van der Waals surface area contributed by atoms with Gasteiger partial charge < -0.3 is 5.73 Å². The van der Waals surface area contributed by atoms with Gasteiger partial charge in [-0.3, -0.25) is 9.67 Å². The Hall–Kier alpha value is -1.68. The number of rotatable bonds is 4. The summed E-state index contributed by atoms with van der Waals surface area (Å²) in [5, 5.41) is 4.67. The second-order valence-electron chi connectivity index (χ2n) is 5.04. The molecule has 2 N–H and O–H groups in total. The summed E-state index contributed by atoms with van der Waals surface area (Å²) < 4.78 is 2.06. The normalized spacial score (nSPS) is 14.4. The van der Waals surface area contributed by atoms with Crippen molar-refractivity contribution >= 4 is 0 Å². The van der Waals surface area contributed by atoms with Crippen molar-refractivity contribution in [1.82, 2.24) is 14.8 Å². The third-order valence-corrected chi connectivity index (χ3v) is 3.87. The van der Waals surface area contributed by atoms with Crippen LogP contribution in [0.5, 0.6) is 0 Å². The third-order valence-electron chi connectivity index (χ3n) is 3.87. The topological polar surface area (TPSA) is 56.7 Å². The maximum Gasteiger partial charge on any atom is 0.0923 e. The Morgan fingerprint density at radius 2 is 1.84 bits per heavy atom. The molecule has 19 heavy (non-hydrogen) atoms. The SMILES string of the molecule is CCC(N)C(c1ccncc1)n1nc(C)c(C)c1C. The number of nitrogens with zero attached hydrogens (tertiary/aromatic N) is 3. The molecule has 2 rings (SSSR count). The van der Waals surface area contributed by atoms with Gasteiger partial charge in [-0.2, -0.15) is 5.10 Å². The molecule has 0 spiro atoms. The smallest absolute Gasteiger partial charge is 0.0923 e. The van der Waals surface area contributed by atoms with Gasteiger partial charge in [0.1, 0.15) is 0 Å². The minimum absolute atomic E-state index is 0.0415. The second-order valence-corrected chi connectivity index (χ2v) is 5.04. The molecule has 4 nitrogen and oxygen atoms in total. The minimum Gasteiger partial charge on any atom is -0.326 e. The molecule has 0 aromatic carbocycles. The molecule has 0 saturated heterocycles. The van der Waals surface area contributed by atoms with Crippen LogP contribution >= 0.6 is 0 Å². The van der Waals surface area contributed by atoms with Crippen molar-refractivity contribution in [3.05, 3.63) is 47.0 Å². The Balaban J connectivity index is 2.52. The van der Waals surface area contributed by atoms with E-state index in [4.69, 9.17) is 5.73 Å². The van der Waals surface area contributed by atoms with Crippen molar-refractivity contribution in [3.63, 3.8) is 0 Å². The molecule has 2 aromatic heterocycles. The van der Waals surface area contributed by atoms with E-state index in [0.717, 1.165) is 17.7 Å². The number of nitrogens with two attached hydrogens (primary N) is 1. The van der Waals surface area contributed by atoms with Crippen molar-refractivity contribution in [2.45, 2.75) is 46.2 Å². The van der Waals surface area contributed by atoms with Crippen LogP contribution < -0.4 is 5.73 Å². The zero-order chi connectivity index (χ0) is 14.0. The molecule has 0 radical (unpaired) electrons. The van der Waals surface area contributed by atoms with E-state index in [9.17, 15) is 0 Å². The first-order chi connectivity index (χ1) is 9.06. The second kappa shape index (κ2) is 5.53. The zero-order valence-corrected chi connectivity index (χ0v) is 12.1. The first kappa shape index (κ1) is 13.7. The fourth-order valence-electron chi connectivity index (χ4n) is 2.37. The molecule has 2 aromatic rings. The summed E-state index contributed by atoms with van der Waals surface area (Å²) in [6, 6.07) is 4.15. The Morgan fingerprint density at radius 3 is 2.32 bits per heavy atom.